The molecule has 8 nitrogen and oxygen atoms in total. The molecule has 0 atom stereocenters. The zero-order valence-corrected chi connectivity index (χ0v) is 18.4. The molecule has 5 rings (SSSR count). The van der Waals surface area contributed by atoms with Gasteiger partial charge >= 0.3 is 0 Å². The average Bonchev–Trinajstić information content (AvgIpc) is 3.39. The minimum atomic E-state index is -2.99. The van der Waals surface area contributed by atoms with Crippen LogP contribution in [0.25, 0.3) is 11.3 Å². The van der Waals surface area contributed by atoms with Crippen LogP contribution in [0.4, 0.5) is 14.6 Å². The van der Waals surface area contributed by atoms with Crippen LogP contribution < -0.4 is 10.6 Å². The van der Waals surface area contributed by atoms with Gasteiger partial charge in [0.05, 0.1) is 11.9 Å². The summed E-state index contributed by atoms with van der Waals surface area (Å²) in [5.74, 6) is -2.46. The summed E-state index contributed by atoms with van der Waals surface area (Å²) in [6.45, 7) is 2.73. The van der Waals surface area contributed by atoms with Crippen molar-refractivity contribution in [2.24, 2.45) is 0 Å². The molecular formula is C23H25F2N7O. The zero-order valence-electron chi connectivity index (χ0n) is 18.4. The molecular weight excluding hydrogens is 428 g/mol. The Balaban J connectivity index is 1.20. The first-order chi connectivity index (χ1) is 15.8. The lowest BCUT2D eigenvalue weighted by molar-refractivity contribution is 0.0133. The Morgan fingerprint density at radius 1 is 1.03 bits per heavy atom. The summed E-state index contributed by atoms with van der Waals surface area (Å²) in [5.41, 5.74) is 2.07. The second-order valence-corrected chi connectivity index (χ2v) is 8.72. The molecule has 33 heavy (non-hydrogen) atoms. The van der Waals surface area contributed by atoms with Crippen molar-refractivity contribution in [1.82, 2.24) is 29.3 Å². The van der Waals surface area contributed by atoms with Gasteiger partial charge in [0, 0.05) is 25.2 Å². The van der Waals surface area contributed by atoms with Crippen LogP contribution in [0.3, 0.4) is 0 Å². The minimum absolute atomic E-state index is 0.0597. The fraction of sp³-hybridized carbons (Fsp3) is 0.391. The second-order valence-electron chi connectivity index (χ2n) is 8.72. The smallest absolute Gasteiger partial charge is 0.288 e. The molecule has 0 bridgehead atoms. The Labute approximate surface area is 189 Å². The van der Waals surface area contributed by atoms with Crippen LogP contribution in [0.2, 0.25) is 0 Å². The van der Waals surface area contributed by atoms with Crippen molar-refractivity contribution in [3.05, 3.63) is 59.8 Å². The van der Waals surface area contributed by atoms with E-state index in [1.807, 2.05) is 25.1 Å². The molecule has 0 spiro atoms. The zero-order chi connectivity index (χ0) is 23.2. The summed E-state index contributed by atoms with van der Waals surface area (Å²) < 4.78 is 30.7. The molecule has 0 aromatic carbocycles. The predicted octanol–water partition coefficient (Wildman–Crippen LogP) is 3.95. The summed E-state index contributed by atoms with van der Waals surface area (Å²) in [6.07, 6.45) is 6.34. The fourth-order valence-corrected chi connectivity index (χ4v) is 4.28. The molecule has 1 fully saturated rings. The van der Waals surface area contributed by atoms with Crippen LogP contribution >= 0.6 is 0 Å². The Kier molecular flexibility index (Phi) is 5.22. The van der Waals surface area contributed by atoms with Gasteiger partial charge in [-0.15, -0.1) is 0 Å². The number of carbonyl (C=O) groups is 1. The highest BCUT2D eigenvalue weighted by Crippen LogP contribution is 2.28. The Bertz CT molecular complexity index is 1320. The maximum atomic E-state index is 13.7. The van der Waals surface area contributed by atoms with Crippen LogP contribution in [0.15, 0.2) is 42.7 Å². The average molecular weight is 453 g/mol. The number of carbonyl (C=O) groups excluding carboxylic acids is 1. The molecule has 1 aliphatic rings. The van der Waals surface area contributed by atoms with E-state index >= 15 is 0 Å². The van der Waals surface area contributed by atoms with Crippen molar-refractivity contribution >= 4 is 23.0 Å². The molecule has 1 aliphatic carbocycles. The number of hydrogen-bond acceptors (Lipinski definition) is 5. The van der Waals surface area contributed by atoms with Crippen LogP contribution in [0.5, 0.6) is 0 Å². The molecule has 1 saturated carbocycles. The minimum Gasteiger partial charge on any atom is -0.368 e. The van der Waals surface area contributed by atoms with Gasteiger partial charge in [0.25, 0.3) is 11.8 Å². The molecule has 172 valence electrons. The summed E-state index contributed by atoms with van der Waals surface area (Å²) in [6, 6.07) is 9.31. The topological polar surface area (TPSA) is 88.6 Å². The first kappa shape index (κ1) is 21.3. The number of rotatable bonds is 5. The normalized spacial score (nSPS) is 19.2. The molecule has 0 aliphatic heterocycles. The van der Waals surface area contributed by atoms with Crippen LogP contribution in [-0.4, -0.2) is 42.0 Å². The second kappa shape index (κ2) is 8.09. The molecule has 4 aromatic heterocycles. The van der Waals surface area contributed by atoms with Crippen molar-refractivity contribution in [1.29, 1.82) is 0 Å². The van der Waals surface area contributed by atoms with Crippen molar-refractivity contribution in [2.45, 2.75) is 57.5 Å². The number of nitrogens with one attached hydrogen (secondary N) is 2. The van der Waals surface area contributed by atoms with E-state index in [9.17, 15) is 13.6 Å². The van der Waals surface area contributed by atoms with Gasteiger partial charge in [0.1, 0.15) is 22.9 Å². The lowest BCUT2D eigenvalue weighted by Gasteiger charge is -2.30. The number of halogens is 2. The van der Waals surface area contributed by atoms with Crippen LogP contribution in [0, 0.1) is 6.92 Å². The largest absolute Gasteiger partial charge is 0.368 e. The van der Waals surface area contributed by atoms with Gasteiger partial charge < -0.3 is 10.6 Å². The Morgan fingerprint density at radius 3 is 2.55 bits per heavy atom. The highest BCUT2D eigenvalue weighted by Gasteiger charge is 2.29. The molecule has 1 amide bonds. The summed E-state index contributed by atoms with van der Waals surface area (Å²) in [4.78, 5) is 21.1. The van der Waals surface area contributed by atoms with Crippen molar-refractivity contribution in [3.8, 4) is 0 Å². The van der Waals surface area contributed by atoms with Crippen LogP contribution in [-0.2, 0) is 5.92 Å². The molecule has 0 radical (unpaired) electrons. The summed E-state index contributed by atoms with van der Waals surface area (Å²) >= 11 is 0. The van der Waals surface area contributed by atoms with E-state index in [1.165, 1.54) is 6.20 Å². The number of nitrogens with zero attached hydrogens (tertiary/aromatic N) is 5. The maximum Gasteiger partial charge on any atom is 0.288 e. The molecule has 0 saturated heterocycles. The van der Waals surface area contributed by atoms with E-state index in [4.69, 9.17) is 0 Å². The van der Waals surface area contributed by atoms with Gasteiger partial charge in [-0.3, -0.25) is 9.20 Å². The molecule has 2 N–H and O–H groups in total. The highest BCUT2D eigenvalue weighted by atomic mass is 19.3. The van der Waals surface area contributed by atoms with E-state index in [0.717, 1.165) is 44.1 Å². The quantitative estimate of drug-likeness (QED) is 0.478. The predicted molar refractivity (Wildman–Crippen MR) is 120 cm³/mol. The number of anilines is 1. The van der Waals surface area contributed by atoms with Crippen molar-refractivity contribution in [2.75, 3.05) is 5.32 Å². The number of hydrogen-bond donors (Lipinski definition) is 2. The third kappa shape index (κ3) is 4.37. The van der Waals surface area contributed by atoms with Gasteiger partial charge in [-0.2, -0.15) is 13.9 Å². The van der Waals surface area contributed by atoms with E-state index in [1.54, 1.807) is 27.2 Å². The lowest BCUT2D eigenvalue weighted by Crippen LogP contribution is -2.40. The number of aryl methyl sites for hydroxylation is 1. The third-order valence-electron chi connectivity index (χ3n) is 6.04. The number of alkyl halides is 2. The van der Waals surface area contributed by atoms with Crippen molar-refractivity contribution < 1.29 is 13.6 Å². The number of amides is 1. The van der Waals surface area contributed by atoms with E-state index < -0.39 is 5.92 Å². The lowest BCUT2D eigenvalue weighted by atomic mass is 9.91. The number of aromatic nitrogens is 5. The van der Waals surface area contributed by atoms with Gasteiger partial charge in [-0.1, -0.05) is 6.07 Å². The first-order valence-electron chi connectivity index (χ1n) is 11.0. The van der Waals surface area contributed by atoms with Gasteiger partial charge in [-0.05, 0) is 56.9 Å². The maximum absolute atomic E-state index is 13.7. The summed E-state index contributed by atoms with van der Waals surface area (Å²) in [7, 11) is 0. The standard InChI is InChI=1S/C23H25F2N7O/c1-14-6-11-21-28-17(12-32(21)30-14)22(33)27-16-9-7-15(8-10-16)26-19-4-3-5-20-29-18(13-31(19)20)23(2,24)25/h3-6,11-13,15-16,26H,7-10H2,1-2H3,(H,27,33). The number of pyridine rings is 1. The van der Waals surface area contributed by atoms with Gasteiger partial charge in [0.2, 0.25) is 0 Å². The number of imidazole rings is 2. The first-order valence-corrected chi connectivity index (χ1v) is 11.0. The van der Waals surface area contributed by atoms with Gasteiger partial charge in [0.15, 0.2) is 5.65 Å². The van der Waals surface area contributed by atoms with Gasteiger partial charge in [-0.25, -0.2) is 14.5 Å². The number of fused-ring (bicyclic) bond motifs is 2. The van der Waals surface area contributed by atoms with E-state index in [2.05, 4.69) is 25.7 Å². The molecule has 0 unspecified atom stereocenters. The van der Waals surface area contributed by atoms with E-state index in [0.29, 0.717) is 17.0 Å². The summed E-state index contributed by atoms with van der Waals surface area (Å²) in [5, 5.41) is 10.9. The van der Waals surface area contributed by atoms with Crippen LogP contribution in [0.1, 0.15) is 54.5 Å². The van der Waals surface area contributed by atoms with Crippen molar-refractivity contribution in [3.63, 3.8) is 0 Å². The third-order valence-corrected chi connectivity index (χ3v) is 6.04. The molecule has 10 heteroatoms. The monoisotopic (exact) mass is 453 g/mol. The SMILES string of the molecule is Cc1ccc2nc(C(=O)NC3CCC(Nc4cccc5nc(C(C)(F)F)cn45)CC3)cn2n1. The Morgan fingerprint density at radius 2 is 1.79 bits per heavy atom. The molecule has 4 heterocycles. The highest BCUT2D eigenvalue weighted by molar-refractivity contribution is 5.93. The fourth-order valence-electron chi connectivity index (χ4n) is 4.28. The molecule has 4 aromatic rings. The Hall–Kier alpha value is -3.56. The van der Waals surface area contributed by atoms with E-state index in [-0.39, 0.29) is 23.7 Å².